The molecule has 0 heterocycles. The fourth-order valence-electron chi connectivity index (χ4n) is 3.15. The molecule has 3 nitrogen and oxygen atoms in total. The molecule has 0 radical (unpaired) electrons. The minimum Gasteiger partial charge on any atom is -0.355 e. The molecule has 1 atom stereocenters. The molecule has 1 aliphatic rings. The minimum atomic E-state index is -0.0881. The fourth-order valence-corrected chi connectivity index (χ4v) is 3.15. The van der Waals surface area contributed by atoms with Crippen LogP contribution in [0.2, 0.25) is 0 Å². The molecule has 2 N–H and O–H groups in total. The summed E-state index contributed by atoms with van der Waals surface area (Å²) in [6.07, 6.45) is 5.73. The van der Waals surface area contributed by atoms with E-state index in [4.69, 9.17) is 0 Å². The van der Waals surface area contributed by atoms with Gasteiger partial charge in [-0.3, -0.25) is 4.79 Å². The molecule has 116 valence electrons. The number of benzene rings is 1. The van der Waals surface area contributed by atoms with Crippen molar-refractivity contribution >= 4 is 5.91 Å². The third-order valence-electron chi connectivity index (χ3n) is 4.43. The summed E-state index contributed by atoms with van der Waals surface area (Å²) in [5, 5.41) is 6.44. The summed E-state index contributed by atoms with van der Waals surface area (Å²) >= 11 is 0. The standard InChI is InChI=1S/C18H28N2O/c1-3-13-19-18(21)14(2)20-17-11-9-16(10-12-17)15-7-5-4-6-8-15/h4-8,14,16-17,20H,3,9-13H2,1-2H3,(H,19,21). The zero-order valence-corrected chi connectivity index (χ0v) is 13.3. The van der Waals surface area contributed by atoms with E-state index in [0.29, 0.717) is 12.0 Å². The summed E-state index contributed by atoms with van der Waals surface area (Å²) in [7, 11) is 0. The highest BCUT2D eigenvalue weighted by Crippen LogP contribution is 2.32. The van der Waals surface area contributed by atoms with Crippen LogP contribution in [-0.2, 0) is 4.79 Å². The average molecular weight is 288 g/mol. The van der Waals surface area contributed by atoms with Gasteiger partial charge in [-0.1, -0.05) is 37.3 Å². The highest BCUT2D eigenvalue weighted by Gasteiger charge is 2.24. The van der Waals surface area contributed by atoms with E-state index < -0.39 is 0 Å². The van der Waals surface area contributed by atoms with Crippen LogP contribution in [0.3, 0.4) is 0 Å². The molecule has 3 heteroatoms. The van der Waals surface area contributed by atoms with Crippen LogP contribution in [0.25, 0.3) is 0 Å². The van der Waals surface area contributed by atoms with Crippen molar-refractivity contribution in [2.24, 2.45) is 0 Å². The number of nitrogens with one attached hydrogen (secondary N) is 2. The summed E-state index contributed by atoms with van der Waals surface area (Å²) in [5.74, 6) is 0.815. The molecule has 0 bridgehead atoms. The predicted octanol–water partition coefficient (Wildman–Crippen LogP) is 3.22. The second kappa shape index (κ2) is 8.18. The monoisotopic (exact) mass is 288 g/mol. The molecule has 1 fully saturated rings. The number of hydrogen-bond donors (Lipinski definition) is 2. The first-order valence-corrected chi connectivity index (χ1v) is 8.29. The molecule has 21 heavy (non-hydrogen) atoms. The van der Waals surface area contributed by atoms with Crippen molar-refractivity contribution in [3.63, 3.8) is 0 Å². The van der Waals surface area contributed by atoms with Crippen molar-refractivity contribution in [3.8, 4) is 0 Å². The van der Waals surface area contributed by atoms with E-state index in [1.54, 1.807) is 0 Å². The molecule has 2 rings (SSSR count). The summed E-state index contributed by atoms with van der Waals surface area (Å²) in [6.45, 7) is 4.81. The molecule has 1 saturated carbocycles. The van der Waals surface area contributed by atoms with E-state index in [-0.39, 0.29) is 11.9 Å². The Bertz CT molecular complexity index is 424. The van der Waals surface area contributed by atoms with Gasteiger partial charge in [0.1, 0.15) is 0 Å². The van der Waals surface area contributed by atoms with Crippen LogP contribution in [0, 0.1) is 0 Å². The van der Waals surface area contributed by atoms with Crippen LogP contribution in [0.5, 0.6) is 0 Å². The minimum absolute atomic E-state index is 0.0881. The summed E-state index contributed by atoms with van der Waals surface area (Å²) in [5.41, 5.74) is 1.46. The topological polar surface area (TPSA) is 41.1 Å². The summed E-state index contributed by atoms with van der Waals surface area (Å²) in [4.78, 5) is 11.9. The SMILES string of the molecule is CCCNC(=O)C(C)NC1CCC(c2ccccc2)CC1. The number of amides is 1. The molecular weight excluding hydrogens is 260 g/mol. The van der Waals surface area contributed by atoms with Gasteiger partial charge >= 0.3 is 0 Å². The molecule has 0 saturated heterocycles. The van der Waals surface area contributed by atoms with Gasteiger partial charge in [-0.2, -0.15) is 0 Å². The molecule has 1 amide bonds. The number of hydrogen-bond acceptors (Lipinski definition) is 2. The summed E-state index contributed by atoms with van der Waals surface area (Å²) < 4.78 is 0. The maximum atomic E-state index is 11.9. The first kappa shape index (κ1) is 16.0. The Hall–Kier alpha value is -1.35. The van der Waals surface area contributed by atoms with Crippen LogP contribution in [0.4, 0.5) is 0 Å². The zero-order chi connectivity index (χ0) is 15.1. The van der Waals surface area contributed by atoms with Gasteiger partial charge in [0.25, 0.3) is 0 Å². The van der Waals surface area contributed by atoms with Gasteiger partial charge in [0.2, 0.25) is 5.91 Å². The van der Waals surface area contributed by atoms with Crippen LogP contribution < -0.4 is 10.6 Å². The van der Waals surface area contributed by atoms with Crippen molar-refractivity contribution in [3.05, 3.63) is 35.9 Å². The number of carbonyl (C=O) groups is 1. The van der Waals surface area contributed by atoms with Gasteiger partial charge < -0.3 is 10.6 Å². The Morgan fingerprint density at radius 1 is 1.19 bits per heavy atom. The van der Waals surface area contributed by atoms with E-state index >= 15 is 0 Å². The molecule has 1 aromatic rings. The largest absolute Gasteiger partial charge is 0.355 e. The lowest BCUT2D eigenvalue weighted by Crippen LogP contribution is -2.47. The molecule has 1 aromatic carbocycles. The van der Waals surface area contributed by atoms with E-state index in [2.05, 4.69) is 47.9 Å². The van der Waals surface area contributed by atoms with E-state index in [0.717, 1.165) is 25.8 Å². The van der Waals surface area contributed by atoms with Crippen LogP contribution in [0.15, 0.2) is 30.3 Å². The van der Waals surface area contributed by atoms with Crippen molar-refractivity contribution < 1.29 is 4.79 Å². The van der Waals surface area contributed by atoms with Crippen LogP contribution in [-0.4, -0.2) is 24.5 Å². The number of carbonyl (C=O) groups excluding carboxylic acids is 1. The number of rotatable bonds is 6. The van der Waals surface area contributed by atoms with Crippen LogP contribution in [0.1, 0.15) is 57.4 Å². The van der Waals surface area contributed by atoms with E-state index in [1.807, 2.05) is 6.92 Å². The molecule has 0 aliphatic heterocycles. The van der Waals surface area contributed by atoms with Crippen molar-refractivity contribution in [1.29, 1.82) is 0 Å². The van der Waals surface area contributed by atoms with Gasteiger partial charge in [-0.25, -0.2) is 0 Å². The second-order valence-corrected chi connectivity index (χ2v) is 6.14. The maximum Gasteiger partial charge on any atom is 0.236 e. The van der Waals surface area contributed by atoms with Gasteiger partial charge in [-0.05, 0) is 50.5 Å². The Labute approximate surface area is 128 Å². The molecular formula is C18H28N2O. The van der Waals surface area contributed by atoms with Gasteiger partial charge in [-0.15, -0.1) is 0 Å². The lowest BCUT2D eigenvalue weighted by molar-refractivity contribution is -0.123. The Morgan fingerprint density at radius 2 is 1.86 bits per heavy atom. The van der Waals surface area contributed by atoms with E-state index in [9.17, 15) is 4.79 Å². The second-order valence-electron chi connectivity index (χ2n) is 6.14. The molecule has 1 aliphatic carbocycles. The lowest BCUT2D eigenvalue weighted by Gasteiger charge is -2.31. The van der Waals surface area contributed by atoms with Crippen molar-refractivity contribution in [2.75, 3.05) is 6.54 Å². The highest BCUT2D eigenvalue weighted by molar-refractivity contribution is 5.81. The maximum absolute atomic E-state index is 11.9. The quantitative estimate of drug-likeness (QED) is 0.844. The van der Waals surface area contributed by atoms with E-state index in [1.165, 1.54) is 18.4 Å². The first-order chi connectivity index (χ1) is 10.2. The van der Waals surface area contributed by atoms with Gasteiger partial charge in [0.15, 0.2) is 0 Å². The summed E-state index contributed by atoms with van der Waals surface area (Å²) in [6, 6.07) is 11.2. The zero-order valence-electron chi connectivity index (χ0n) is 13.3. The lowest BCUT2D eigenvalue weighted by atomic mass is 9.81. The Balaban J connectivity index is 1.75. The van der Waals surface area contributed by atoms with Gasteiger partial charge in [0, 0.05) is 12.6 Å². The van der Waals surface area contributed by atoms with Crippen molar-refractivity contribution in [1.82, 2.24) is 10.6 Å². The Morgan fingerprint density at radius 3 is 2.48 bits per heavy atom. The molecule has 0 aromatic heterocycles. The average Bonchev–Trinajstić information content (AvgIpc) is 2.54. The third-order valence-corrected chi connectivity index (χ3v) is 4.43. The predicted molar refractivity (Wildman–Crippen MR) is 87.3 cm³/mol. The first-order valence-electron chi connectivity index (χ1n) is 8.29. The van der Waals surface area contributed by atoms with Gasteiger partial charge in [0.05, 0.1) is 6.04 Å². The fraction of sp³-hybridized carbons (Fsp3) is 0.611. The Kier molecular flexibility index (Phi) is 6.24. The molecule has 1 unspecified atom stereocenters. The smallest absolute Gasteiger partial charge is 0.236 e. The van der Waals surface area contributed by atoms with Crippen LogP contribution >= 0.6 is 0 Å². The third kappa shape index (κ3) is 4.85. The normalized spacial score (nSPS) is 23.5. The molecule has 0 spiro atoms. The van der Waals surface area contributed by atoms with Crippen molar-refractivity contribution in [2.45, 2.75) is 64.0 Å². The highest BCUT2D eigenvalue weighted by atomic mass is 16.2.